The van der Waals surface area contributed by atoms with Gasteiger partial charge in [0.15, 0.2) is 0 Å². The van der Waals surface area contributed by atoms with E-state index in [9.17, 15) is 13.2 Å². The maximum absolute atomic E-state index is 12.7. The molecular formula is C21H26N2O3S. The number of sulfonamides is 1. The van der Waals surface area contributed by atoms with Crippen molar-refractivity contribution in [3.63, 3.8) is 0 Å². The van der Waals surface area contributed by atoms with Crippen LogP contribution >= 0.6 is 0 Å². The molecule has 6 heteroatoms. The van der Waals surface area contributed by atoms with Gasteiger partial charge in [-0.1, -0.05) is 50.2 Å². The molecule has 1 aliphatic rings. The monoisotopic (exact) mass is 386 g/mol. The fraction of sp³-hybridized carbons (Fsp3) is 0.381. The third-order valence-electron chi connectivity index (χ3n) is 5.01. The fourth-order valence-electron chi connectivity index (χ4n) is 3.29. The van der Waals surface area contributed by atoms with Crippen LogP contribution in [0, 0.1) is 0 Å². The number of piperazine rings is 1. The number of nitrogens with zero attached hydrogens (tertiary/aromatic N) is 2. The molecule has 0 bridgehead atoms. The largest absolute Gasteiger partial charge is 0.336 e. The first-order valence-corrected chi connectivity index (χ1v) is 11.1. The molecular weight excluding hydrogens is 360 g/mol. The number of hydrogen-bond acceptors (Lipinski definition) is 3. The number of hydrogen-bond donors (Lipinski definition) is 0. The first-order chi connectivity index (χ1) is 12.8. The normalized spacial score (nSPS) is 15.9. The minimum Gasteiger partial charge on any atom is -0.336 e. The van der Waals surface area contributed by atoms with Crippen LogP contribution in [0.25, 0.3) is 11.1 Å². The van der Waals surface area contributed by atoms with Gasteiger partial charge in [0.25, 0.3) is 5.91 Å². The van der Waals surface area contributed by atoms with Gasteiger partial charge in [-0.15, -0.1) is 0 Å². The van der Waals surface area contributed by atoms with Crippen molar-refractivity contribution >= 4 is 15.9 Å². The van der Waals surface area contributed by atoms with Crippen LogP contribution in [0.1, 0.15) is 35.7 Å². The predicted molar refractivity (Wildman–Crippen MR) is 108 cm³/mol. The smallest absolute Gasteiger partial charge is 0.253 e. The molecule has 144 valence electrons. The van der Waals surface area contributed by atoms with Crippen LogP contribution in [-0.2, 0) is 10.0 Å². The molecule has 0 aromatic heterocycles. The van der Waals surface area contributed by atoms with Crippen LogP contribution in [0.3, 0.4) is 0 Å². The van der Waals surface area contributed by atoms with E-state index in [2.05, 4.69) is 38.1 Å². The minimum absolute atomic E-state index is 0.0503. The van der Waals surface area contributed by atoms with Gasteiger partial charge in [0.1, 0.15) is 0 Å². The Kier molecular flexibility index (Phi) is 5.67. The molecule has 27 heavy (non-hydrogen) atoms. The summed E-state index contributed by atoms with van der Waals surface area (Å²) in [5.41, 5.74) is 4.14. The van der Waals surface area contributed by atoms with Gasteiger partial charge >= 0.3 is 0 Å². The van der Waals surface area contributed by atoms with Crippen LogP contribution in [0.5, 0.6) is 0 Å². The first-order valence-electron chi connectivity index (χ1n) is 9.20. The molecule has 1 saturated heterocycles. The van der Waals surface area contributed by atoms with Gasteiger partial charge in [-0.2, -0.15) is 4.31 Å². The molecule has 1 heterocycles. The van der Waals surface area contributed by atoms with E-state index in [0.29, 0.717) is 37.7 Å². The number of amides is 1. The topological polar surface area (TPSA) is 57.7 Å². The van der Waals surface area contributed by atoms with E-state index in [1.54, 1.807) is 4.90 Å². The number of benzene rings is 2. The molecule has 0 N–H and O–H groups in total. The second-order valence-electron chi connectivity index (χ2n) is 7.31. The summed E-state index contributed by atoms with van der Waals surface area (Å²) in [6.45, 7) is 5.89. The molecule has 2 aromatic carbocycles. The summed E-state index contributed by atoms with van der Waals surface area (Å²) in [6, 6.07) is 16.1. The average Bonchev–Trinajstić information content (AvgIpc) is 2.67. The van der Waals surface area contributed by atoms with Crippen molar-refractivity contribution < 1.29 is 13.2 Å². The van der Waals surface area contributed by atoms with Gasteiger partial charge in [-0.3, -0.25) is 4.79 Å². The highest BCUT2D eigenvalue weighted by atomic mass is 32.2. The summed E-state index contributed by atoms with van der Waals surface area (Å²) in [4.78, 5) is 14.4. The third kappa shape index (κ3) is 4.57. The van der Waals surface area contributed by atoms with E-state index >= 15 is 0 Å². The predicted octanol–water partition coefficient (Wildman–Crippen LogP) is 3.19. The van der Waals surface area contributed by atoms with E-state index in [1.165, 1.54) is 16.1 Å². The molecule has 0 unspecified atom stereocenters. The van der Waals surface area contributed by atoms with E-state index in [4.69, 9.17) is 0 Å². The van der Waals surface area contributed by atoms with Crippen molar-refractivity contribution in [2.45, 2.75) is 19.8 Å². The highest BCUT2D eigenvalue weighted by molar-refractivity contribution is 7.88. The van der Waals surface area contributed by atoms with Crippen LogP contribution in [-0.4, -0.2) is 56.0 Å². The lowest BCUT2D eigenvalue weighted by Gasteiger charge is -2.33. The van der Waals surface area contributed by atoms with Crippen LogP contribution in [0.4, 0.5) is 0 Å². The lowest BCUT2D eigenvalue weighted by atomic mass is 9.97. The Morgan fingerprint density at radius 3 is 2.11 bits per heavy atom. The van der Waals surface area contributed by atoms with Crippen LogP contribution < -0.4 is 0 Å². The highest BCUT2D eigenvalue weighted by Crippen LogP contribution is 2.24. The SMILES string of the molecule is CC(C)c1cccc(-c2ccc(C(=O)N3CCN(S(C)(=O)=O)CC3)cc2)c1. The van der Waals surface area contributed by atoms with E-state index in [1.807, 2.05) is 24.3 Å². The summed E-state index contributed by atoms with van der Waals surface area (Å²) in [5.74, 6) is 0.419. The summed E-state index contributed by atoms with van der Waals surface area (Å²) >= 11 is 0. The van der Waals surface area contributed by atoms with Gasteiger partial charge in [0.2, 0.25) is 10.0 Å². The zero-order valence-corrected chi connectivity index (χ0v) is 16.9. The molecule has 0 radical (unpaired) electrons. The molecule has 0 spiro atoms. The Hall–Kier alpha value is -2.18. The molecule has 0 atom stereocenters. The van der Waals surface area contributed by atoms with Gasteiger partial charge in [-0.25, -0.2) is 8.42 Å². The van der Waals surface area contributed by atoms with Crippen molar-refractivity contribution in [3.8, 4) is 11.1 Å². The molecule has 0 aliphatic carbocycles. The van der Waals surface area contributed by atoms with Gasteiger partial charge in [0.05, 0.1) is 6.26 Å². The van der Waals surface area contributed by atoms with Crippen LogP contribution in [0.2, 0.25) is 0 Å². The van der Waals surface area contributed by atoms with Crippen molar-refractivity contribution in [3.05, 3.63) is 59.7 Å². The third-order valence-corrected chi connectivity index (χ3v) is 6.32. The Morgan fingerprint density at radius 2 is 1.56 bits per heavy atom. The van der Waals surface area contributed by atoms with E-state index < -0.39 is 10.0 Å². The van der Waals surface area contributed by atoms with Crippen molar-refractivity contribution in [1.29, 1.82) is 0 Å². The molecule has 1 amide bonds. The summed E-state index contributed by atoms with van der Waals surface area (Å²) < 4.78 is 24.6. The van der Waals surface area contributed by atoms with E-state index in [0.717, 1.165) is 11.1 Å². The molecule has 0 saturated carbocycles. The average molecular weight is 387 g/mol. The first kappa shape index (κ1) is 19.6. The highest BCUT2D eigenvalue weighted by Gasteiger charge is 2.26. The number of carbonyl (C=O) groups excluding carboxylic acids is 1. The molecule has 1 aliphatic heterocycles. The van der Waals surface area contributed by atoms with Gasteiger partial charge < -0.3 is 4.90 Å². The lowest BCUT2D eigenvalue weighted by molar-refractivity contribution is 0.0698. The van der Waals surface area contributed by atoms with Gasteiger partial charge in [-0.05, 0) is 34.7 Å². The van der Waals surface area contributed by atoms with Crippen molar-refractivity contribution in [1.82, 2.24) is 9.21 Å². The van der Waals surface area contributed by atoms with Crippen LogP contribution in [0.15, 0.2) is 48.5 Å². The molecule has 2 aromatic rings. The second-order valence-corrected chi connectivity index (χ2v) is 9.29. The lowest BCUT2D eigenvalue weighted by Crippen LogP contribution is -2.50. The van der Waals surface area contributed by atoms with Crippen molar-refractivity contribution in [2.75, 3.05) is 32.4 Å². The number of carbonyl (C=O) groups is 1. The standard InChI is InChI=1S/C21H26N2O3S/c1-16(2)19-5-4-6-20(15-19)17-7-9-18(10-8-17)21(24)22-11-13-23(14-12-22)27(3,25)26/h4-10,15-16H,11-14H2,1-3H3. The quantitative estimate of drug-likeness (QED) is 0.811. The minimum atomic E-state index is -3.19. The maximum Gasteiger partial charge on any atom is 0.253 e. The zero-order chi connectivity index (χ0) is 19.6. The fourth-order valence-corrected chi connectivity index (χ4v) is 4.11. The van der Waals surface area contributed by atoms with Crippen molar-refractivity contribution in [2.24, 2.45) is 0 Å². The second kappa shape index (κ2) is 7.82. The van der Waals surface area contributed by atoms with E-state index in [-0.39, 0.29) is 5.91 Å². The van der Waals surface area contributed by atoms with Gasteiger partial charge in [0, 0.05) is 31.7 Å². The Morgan fingerprint density at radius 1 is 0.926 bits per heavy atom. The molecule has 1 fully saturated rings. The zero-order valence-electron chi connectivity index (χ0n) is 16.1. The Balaban J connectivity index is 1.70. The summed E-state index contributed by atoms with van der Waals surface area (Å²) in [6.07, 6.45) is 1.21. The molecule has 5 nitrogen and oxygen atoms in total. The molecule has 3 rings (SSSR count). The Bertz CT molecular complexity index is 913. The summed E-state index contributed by atoms with van der Waals surface area (Å²) in [7, 11) is -3.19. The number of rotatable bonds is 4. The maximum atomic E-state index is 12.7. The summed E-state index contributed by atoms with van der Waals surface area (Å²) in [5, 5.41) is 0. The Labute approximate surface area is 161 Å².